The smallest absolute Gasteiger partial charge is 0.0587 e. The number of nitrogens with zero attached hydrogens (tertiary/aromatic N) is 1. The van der Waals surface area contributed by atoms with Crippen molar-refractivity contribution in [1.82, 2.24) is 5.32 Å². The van der Waals surface area contributed by atoms with Crippen LogP contribution in [0.1, 0.15) is 24.5 Å². The molecule has 0 aliphatic heterocycles. The van der Waals surface area contributed by atoms with Gasteiger partial charge in [-0.25, -0.2) is 0 Å². The number of benzene rings is 1. The molecule has 0 bridgehead atoms. The van der Waals surface area contributed by atoms with Gasteiger partial charge in [-0.05, 0) is 31.9 Å². The van der Waals surface area contributed by atoms with Crippen molar-refractivity contribution in [3.05, 3.63) is 29.3 Å². The Morgan fingerprint density at radius 3 is 2.80 bits per heavy atom. The van der Waals surface area contributed by atoms with Crippen LogP contribution in [0.25, 0.3) is 0 Å². The van der Waals surface area contributed by atoms with Crippen molar-refractivity contribution in [1.29, 1.82) is 0 Å². The number of aliphatic hydroxyl groups is 1. The van der Waals surface area contributed by atoms with Crippen LogP contribution in [0.15, 0.2) is 18.2 Å². The van der Waals surface area contributed by atoms with Crippen molar-refractivity contribution >= 4 is 5.69 Å². The third kappa shape index (κ3) is 5.49. The Hall–Kier alpha value is -1.10. The summed E-state index contributed by atoms with van der Waals surface area (Å²) in [6, 6.07) is 6.57. The SMILES string of the molecule is CCN(CCCO)c1ccc(C)cc1CNCCOC. The highest BCUT2D eigenvalue weighted by Gasteiger charge is 2.09. The lowest BCUT2D eigenvalue weighted by atomic mass is 10.1. The Morgan fingerprint density at radius 2 is 2.15 bits per heavy atom. The summed E-state index contributed by atoms with van der Waals surface area (Å²) in [5.74, 6) is 0. The molecule has 2 N–H and O–H groups in total. The van der Waals surface area contributed by atoms with Gasteiger partial charge in [0.1, 0.15) is 0 Å². The average molecular weight is 280 g/mol. The summed E-state index contributed by atoms with van der Waals surface area (Å²) in [5, 5.41) is 12.4. The highest BCUT2D eigenvalue weighted by atomic mass is 16.5. The van der Waals surface area contributed by atoms with Crippen molar-refractivity contribution in [2.75, 3.05) is 44.9 Å². The molecule has 0 heterocycles. The molecule has 1 aromatic rings. The zero-order valence-corrected chi connectivity index (χ0v) is 13.0. The third-order valence-electron chi connectivity index (χ3n) is 3.34. The highest BCUT2D eigenvalue weighted by Crippen LogP contribution is 2.22. The largest absolute Gasteiger partial charge is 0.396 e. The molecule has 0 fully saturated rings. The molecule has 0 spiro atoms. The van der Waals surface area contributed by atoms with Crippen LogP contribution in [0.4, 0.5) is 5.69 Å². The van der Waals surface area contributed by atoms with E-state index in [2.05, 4.69) is 42.3 Å². The van der Waals surface area contributed by atoms with Gasteiger partial charge in [0.15, 0.2) is 0 Å². The predicted molar refractivity (Wildman–Crippen MR) is 84.4 cm³/mol. The van der Waals surface area contributed by atoms with E-state index in [-0.39, 0.29) is 6.61 Å². The Labute approximate surface area is 122 Å². The molecule has 0 aromatic heterocycles. The molecule has 1 rings (SSSR count). The van der Waals surface area contributed by atoms with Crippen molar-refractivity contribution in [2.24, 2.45) is 0 Å². The molecule has 0 aliphatic rings. The Kier molecular flexibility index (Phi) is 8.26. The second-order valence-electron chi connectivity index (χ2n) is 4.96. The summed E-state index contributed by atoms with van der Waals surface area (Å²) in [6.07, 6.45) is 0.804. The van der Waals surface area contributed by atoms with E-state index < -0.39 is 0 Å². The van der Waals surface area contributed by atoms with E-state index in [1.54, 1.807) is 7.11 Å². The average Bonchev–Trinajstić information content (AvgIpc) is 2.46. The molecule has 0 radical (unpaired) electrons. The van der Waals surface area contributed by atoms with Crippen LogP contribution < -0.4 is 10.2 Å². The normalized spacial score (nSPS) is 10.8. The standard InChI is InChI=1S/C16H28N2O2/c1-4-18(9-5-10-19)16-7-6-14(2)12-15(16)13-17-8-11-20-3/h6-7,12,17,19H,4-5,8-11,13H2,1-3H3. The first-order valence-electron chi connectivity index (χ1n) is 7.38. The second kappa shape index (κ2) is 9.75. The number of aliphatic hydroxyl groups excluding tert-OH is 1. The summed E-state index contributed by atoms with van der Waals surface area (Å²) in [4.78, 5) is 2.32. The van der Waals surface area contributed by atoms with E-state index in [1.807, 2.05) is 0 Å². The number of anilines is 1. The fourth-order valence-electron chi connectivity index (χ4n) is 2.27. The molecule has 0 saturated heterocycles. The number of methoxy groups -OCH3 is 1. The van der Waals surface area contributed by atoms with Crippen LogP contribution in [-0.4, -0.2) is 45.1 Å². The molecule has 0 amide bonds. The zero-order chi connectivity index (χ0) is 14.8. The number of hydrogen-bond acceptors (Lipinski definition) is 4. The van der Waals surface area contributed by atoms with Gasteiger partial charge in [0.2, 0.25) is 0 Å². The van der Waals surface area contributed by atoms with Gasteiger partial charge >= 0.3 is 0 Å². The fraction of sp³-hybridized carbons (Fsp3) is 0.625. The molecule has 4 nitrogen and oxygen atoms in total. The minimum absolute atomic E-state index is 0.240. The lowest BCUT2D eigenvalue weighted by Gasteiger charge is -2.26. The van der Waals surface area contributed by atoms with Gasteiger partial charge in [-0.2, -0.15) is 0 Å². The molecule has 1 aromatic carbocycles. The number of aryl methyl sites for hydroxylation is 1. The van der Waals surface area contributed by atoms with Gasteiger partial charge in [-0.3, -0.25) is 0 Å². The van der Waals surface area contributed by atoms with Crippen LogP contribution in [0.5, 0.6) is 0 Å². The van der Waals surface area contributed by atoms with Gasteiger partial charge < -0.3 is 20.1 Å². The minimum Gasteiger partial charge on any atom is -0.396 e. The zero-order valence-electron chi connectivity index (χ0n) is 13.0. The lowest BCUT2D eigenvalue weighted by molar-refractivity contribution is 0.199. The molecule has 0 atom stereocenters. The maximum absolute atomic E-state index is 9.02. The molecule has 0 aliphatic carbocycles. The van der Waals surface area contributed by atoms with E-state index in [9.17, 15) is 0 Å². The maximum atomic E-state index is 9.02. The Morgan fingerprint density at radius 1 is 1.35 bits per heavy atom. The van der Waals surface area contributed by atoms with Gasteiger partial charge in [0.25, 0.3) is 0 Å². The topological polar surface area (TPSA) is 44.7 Å². The van der Waals surface area contributed by atoms with Gasteiger partial charge in [0.05, 0.1) is 6.61 Å². The number of hydrogen-bond donors (Lipinski definition) is 2. The van der Waals surface area contributed by atoms with E-state index in [0.717, 1.165) is 39.2 Å². The summed E-state index contributed by atoms with van der Waals surface area (Å²) < 4.78 is 5.05. The van der Waals surface area contributed by atoms with Crippen molar-refractivity contribution in [2.45, 2.75) is 26.8 Å². The molecule has 4 heteroatoms. The summed E-state index contributed by atoms with van der Waals surface area (Å²) in [6.45, 7) is 8.77. The van der Waals surface area contributed by atoms with Gasteiger partial charge in [0, 0.05) is 45.6 Å². The fourth-order valence-corrected chi connectivity index (χ4v) is 2.27. The molecule has 0 unspecified atom stereocenters. The summed E-state index contributed by atoms with van der Waals surface area (Å²) in [5.41, 5.74) is 3.84. The van der Waals surface area contributed by atoms with E-state index in [1.165, 1.54) is 16.8 Å². The quantitative estimate of drug-likeness (QED) is 0.643. The first kappa shape index (κ1) is 17.0. The lowest BCUT2D eigenvalue weighted by Crippen LogP contribution is -2.27. The predicted octanol–water partition coefficient (Wildman–Crippen LogP) is 1.94. The summed E-state index contributed by atoms with van der Waals surface area (Å²) >= 11 is 0. The van der Waals surface area contributed by atoms with E-state index >= 15 is 0 Å². The van der Waals surface area contributed by atoms with Crippen LogP contribution in [0.2, 0.25) is 0 Å². The van der Waals surface area contributed by atoms with Crippen molar-refractivity contribution < 1.29 is 9.84 Å². The van der Waals surface area contributed by atoms with Crippen molar-refractivity contribution in [3.8, 4) is 0 Å². The molecule has 20 heavy (non-hydrogen) atoms. The van der Waals surface area contributed by atoms with Crippen molar-refractivity contribution in [3.63, 3.8) is 0 Å². The Bertz CT molecular complexity index is 383. The molecular formula is C16H28N2O2. The third-order valence-corrected chi connectivity index (χ3v) is 3.34. The number of rotatable bonds is 10. The molecule has 0 saturated carbocycles. The first-order valence-corrected chi connectivity index (χ1v) is 7.38. The second-order valence-corrected chi connectivity index (χ2v) is 4.96. The first-order chi connectivity index (χ1) is 9.72. The van der Waals surface area contributed by atoms with Crippen LogP contribution >= 0.6 is 0 Å². The Balaban J connectivity index is 2.76. The van der Waals surface area contributed by atoms with Crippen LogP contribution in [-0.2, 0) is 11.3 Å². The van der Waals surface area contributed by atoms with E-state index in [0.29, 0.717) is 0 Å². The number of ether oxygens (including phenoxy) is 1. The van der Waals surface area contributed by atoms with Crippen LogP contribution in [0, 0.1) is 6.92 Å². The van der Waals surface area contributed by atoms with Gasteiger partial charge in [-0.1, -0.05) is 17.7 Å². The molecular weight excluding hydrogens is 252 g/mol. The minimum atomic E-state index is 0.240. The molecule has 114 valence electrons. The van der Waals surface area contributed by atoms with Gasteiger partial charge in [-0.15, -0.1) is 0 Å². The van der Waals surface area contributed by atoms with Crippen LogP contribution in [0.3, 0.4) is 0 Å². The monoisotopic (exact) mass is 280 g/mol. The van der Waals surface area contributed by atoms with E-state index in [4.69, 9.17) is 9.84 Å². The summed E-state index contributed by atoms with van der Waals surface area (Å²) in [7, 11) is 1.72. The number of nitrogens with one attached hydrogen (secondary N) is 1. The highest BCUT2D eigenvalue weighted by molar-refractivity contribution is 5.55. The maximum Gasteiger partial charge on any atom is 0.0587 e.